The van der Waals surface area contributed by atoms with Crippen molar-refractivity contribution in [2.45, 2.75) is 50.6 Å². The van der Waals surface area contributed by atoms with E-state index in [-0.39, 0.29) is 5.54 Å². The molecule has 2 aliphatic rings. The van der Waals surface area contributed by atoms with Gasteiger partial charge in [0.25, 0.3) is 0 Å². The van der Waals surface area contributed by atoms with Crippen molar-refractivity contribution in [2.24, 2.45) is 0 Å². The van der Waals surface area contributed by atoms with Gasteiger partial charge in [0, 0.05) is 30.7 Å². The van der Waals surface area contributed by atoms with Crippen LogP contribution >= 0.6 is 11.6 Å². The predicted molar refractivity (Wildman–Crippen MR) is 88.6 cm³/mol. The highest BCUT2D eigenvalue weighted by Gasteiger charge is 2.39. The molecular formula is C17H25ClN2O. The van der Waals surface area contributed by atoms with Gasteiger partial charge in [0.15, 0.2) is 0 Å². The van der Waals surface area contributed by atoms with Crippen molar-refractivity contribution < 1.29 is 4.74 Å². The van der Waals surface area contributed by atoms with E-state index < -0.39 is 0 Å². The molecule has 1 aliphatic carbocycles. The van der Waals surface area contributed by atoms with Crippen LogP contribution in [0.25, 0.3) is 0 Å². The number of hydrogen-bond donors (Lipinski definition) is 1. The standard InChI is InChI=1S/C17H25ClN2O/c1-13-11-19-17(8-4-3-5-9-17)12-20(13)16-10-14(21-2)6-7-15(16)18/h6-7,10,13,19H,3-5,8-9,11-12H2,1-2H3. The lowest BCUT2D eigenvalue weighted by Gasteiger charge is -2.50. The average Bonchev–Trinajstić information content (AvgIpc) is 2.52. The zero-order valence-corrected chi connectivity index (χ0v) is 13.7. The van der Waals surface area contributed by atoms with Crippen molar-refractivity contribution in [1.29, 1.82) is 0 Å². The van der Waals surface area contributed by atoms with Crippen molar-refractivity contribution in [1.82, 2.24) is 5.32 Å². The van der Waals surface area contributed by atoms with Gasteiger partial charge in [-0.15, -0.1) is 0 Å². The van der Waals surface area contributed by atoms with E-state index in [2.05, 4.69) is 23.2 Å². The lowest BCUT2D eigenvalue weighted by atomic mass is 9.79. The summed E-state index contributed by atoms with van der Waals surface area (Å²) in [6, 6.07) is 6.38. The van der Waals surface area contributed by atoms with Crippen molar-refractivity contribution in [2.75, 3.05) is 25.1 Å². The van der Waals surface area contributed by atoms with Gasteiger partial charge < -0.3 is 15.0 Å². The number of nitrogens with one attached hydrogen (secondary N) is 1. The maximum Gasteiger partial charge on any atom is 0.121 e. The lowest BCUT2D eigenvalue weighted by molar-refractivity contribution is 0.200. The van der Waals surface area contributed by atoms with Crippen LogP contribution in [-0.4, -0.2) is 31.8 Å². The zero-order valence-electron chi connectivity index (χ0n) is 13.0. The van der Waals surface area contributed by atoms with E-state index in [4.69, 9.17) is 16.3 Å². The Morgan fingerprint density at radius 1 is 1.29 bits per heavy atom. The highest BCUT2D eigenvalue weighted by Crippen LogP contribution is 2.37. The van der Waals surface area contributed by atoms with Crippen LogP contribution in [0.4, 0.5) is 5.69 Å². The minimum atomic E-state index is 0.275. The van der Waals surface area contributed by atoms with Gasteiger partial charge in [0.05, 0.1) is 17.8 Å². The molecule has 0 bridgehead atoms. The van der Waals surface area contributed by atoms with E-state index in [1.807, 2.05) is 12.1 Å². The number of hydrogen-bond acceptors (Lipinski definition) is 3. The summed E-state index contributed by atoms with van der Waals surface area (Å²) in [4.78, 5) is 2.46. The molecule has 116 valence electrons. The topological polar surface area (TPSA) is 24.5 Å². The lowest BCUT2D eigenvalue weighted by Crippen LogP contribution is -2.64. The van der Waals surface area contributed by atoms with Crippen LogP contribution in [0.1, 0.15) is 39.0 Å². The fraction of sp³-hybridized carbons (Fsp3) is 0.647. The summed E-state index contributed by atoms with van der Waals surface area (Å²) in [5.41, 5.74) is 1.38. The Kier molecular flexibility index (Phi) is 4.32. The molecule has 1 atom stereocenters. The first kappa shape index (κ1) is 15.0. The molecule has 4 heteroatoms. The van der Waals surface area contributed by atoms with Crippen LogP contribution in [0, 0.1) is 0 Å². The summed E-state index contributed by atoms with van der Waals surface area (Å²) < 4.78 is 5.37. The molecule has 0 amide bonds. The summed E-state index contributed by atoms with van der Waals surface area (Å²) in [6.07, 6.45) is 6.59. The number of halogens is 1. The molecule has 1 aromatic rings. The number of rotatable bonds is 2. The Balaban J connectivity index is 1.88. The molecule has 1 saturated heterocycles. The Hall–Kier alpha value is -0.930. The molecule has 1 spiro atoms. The molecule has 3 rings (SSSR count). The number of anilines is 1. The molecule has 1 aromatic carbocycles. The number of nitrogens with zero attached hydrogens (tertiary/aromatic N) is 1. The van der Waals surface area contributed by atoms with Crippen LogP contribution in [-0.2, 0) is 0 Å². The van der Waals surface area contributed by atoms with Crippen molar-refractivity contribution in [3.8, 4) is 5.75 Å². The van der Waals surface area contributed by atoms with Gasteiger partial charge in [0.2, 0.25) is 0 Å². The van der Waals surface area contributed by atoms with Crippen molar-refractivity contribution >= 4 is 17.3 Å². The SMILES string of the molecule is COc1ccc(Cl)c(N2CC3(CCCCC3)NCC2C)c1. The molecule has 1 heterocycles. The minimum absolute atomic E-state index is 0.275. The van der Waals surface area contributed by atoms with Crippen molar-refractivity contribution in [3.63, 3.8) is 0 Å². The molecule has 1 unspecified atom stereocenters. The van der Waals surface area contributed by atoms with Gasteiger partial charge >= 0.3 is 0 Å². The molecule has 3 nitrogen and oxygen atoms in total. The second-order valence-electron chi connectivity index (χ2n) is 6.52. The first-order valence-electron chi connectivity index (χ1n) is 7.99. The van der Waals surface area contributed by atoms with Gasteiger partial charge in [-0.2, -0.15) is 0 Å². The van der Waals surface area contributed by atoms with Crippen LogP contribution in [0.3, 0.4) is 0 Å². The third-order valence-electron chi connectivity index (χ3n) is 5.05. The first-order chi connectivity index (χ1) is 10.1. The smallest absolute Gasteiger partial charge is 0.121 e. The quantitative estimate of drug-likeness (QED) is 0.898. The Morgan fingerprint density at radius 3 is 2.76 bits per heavy atom. The van der Waals surface area contributed by atoms with Gasteiger partial charge in [-0.1, -0.05) is 30.9 Å². The summed E-state index contributed by atoms with van der Waals surface area (Å²) in [5.74, 6) is 0.873. The summed E-state index contributed by atoms with van der Waals surface area (Å²) in [6.45, 7) is 4.33. The van der Waals surface area contributed by atoms with E-state index >= 15 is 0 Å². The highest BCUT2D eigenvalue weighted by atomic mass is 35.5. The van der Waals surface area contributed by atoms with Crippen LogP contribution in [0.5, 0.6) is 5.75 Å². The fourth-order valence-electron chi connectivity index (χ4n) is 3.74. The second kappa shape index (κ2) is 6.05. The van der Waals surface area contributed by atoms with E-state index in [0.717, 1.165) is 29.5 Å². The zero-order chi connectivity index (χ0) is 14.9. The molecule has 1 saturated carbocycles. The molecule has 21 heavy (non-hydrogen) atoms. The Labute approximate surface area is 132 Å². The van der Waals surface area contributed by atoms with Crippen LogP contribution in [0.15, 0.2) is 18.2 Å². The highest BCUT2D eigenvalue weighted by molar-refractivity contribution is 6.33. The van der Waals surface area contributed by atoms with Crippen molar-refractivity contribution in [3.05, 3.63) is 23.2 Å². The van der Waals surface area contributed by atoms with E-state index in [9.17, 15) is 0 Å². The van der Waals surface area contributed by atoms with Gasteiger partial charge in [0.1, 0.15) is 5.75 Å². The third kappa shape index (κ3) is 3.00. The maximum absolute atomic E-state index is 6.46. The molecule has 1 N–H and O–H groups in total. The normalized spacial score (nSPS) is 25.1. The largest absolute Gasteiger partial charge is 0.497 e. The number of ether oxygens (including phenoxy) is 1. The van der Waals surface area contributed by atoms with Crippen LogP contribution < -0.4 is 15.0 Å². The number of methoxy groups -OCH3 is 1. The maximum atomic E-state index is 6.46. The molecule has 0 aromatic heterocycles. The minimum Gasteiger partial charge on any atom is -0.497 e. The number of piperazine rings is 1. The summed E-state index contributed by atoms with van der Waals surface area (Å²) in [5, 5.41) is 4.63. The Morgan fingerprint density at radius 2 is 2.05 bits per heavy atom. The summed E-state index contributed by atoms with van der Waals surface area (Å²) >= 11 is 6.46. The van der Waals surface area contributed by atoms with E-state index in [1.54, 1.807) is 7.11 Å². The molecule has 2 fully saturated rings. The summed E-state index contributed by atoms with van der Waals surface area (Å²) in [7, 11) is 1.71. The second-order valence-corrected chi connectivity index (χ2v) is 6.92. The Bertz CT molecular complexity index is 500. The van der Waals surface area contributed by atoms with Gasteiger partial charge in [-0.3, -0.25) is 0 Å². The number of benzene rings is 1. The average molecular weight is 309 g/mol. The first-order valence-corrected chi connectivity index (χ1v) is 8.37. The van der Waals surface area contributed by atoms with Gasteiger partial charge in [-0.25, -0.2) is 0 Å². The van der Waals surface area contributed by atoms with E-state index in [1.165, 1.54) is 32.1 Å². The monoisotopic (exact) mass is 308 g/mol. The van der Waals surface area contributed by atoms with Crippen LogP contribution in [0.2, 0.25) is 5.02 Å². The molecule has 1 aliphatic heterocycles. The third-order valence-corrected chi connectivity index (χ3v) is 5.37. The van der Waals surface area contributed by atoms with Gasteiger partial charge in [-0.05, 0) is 31.9 Å². The fourth-order valence-corrected chi connectivity index (χ4v) is 3.96. The molecule has 0 radical (unpaired) electrons. The predicted octanol–water partition coefficient (Wildman–Crippen LogP) is 3.85. The van der Waals surface area contributed by atoms with E-state index in [0.29, 0.717) is 6.04 Å². The molecular weight excluding hydrogens is 284 g/mol.